The number of nitrogens with one attached hydrogen (secondary N) is 2. The van der Waals surface area contributed by atoms with Crippen LogP contribution in [0, 0.1) is 0 Å². The molecular formula is C33H51N3Na4O29S2. The number of carboxylic acids is 2. The van der Waals surface area contributed by atoms with E-state index in [2.05, 4.69) is 19.0 Å². The third-order valence-electron chi connectivity index (χ3n) is 10.4. The smallest absolute Gasteiger partial charge is 0.726 e. The molecule has 4 rings (SSSR count). The van der Waals surface area contributed by atoms with Crippen LogP contribution in [0.5, 0.6) is 0 Å². The third kappa shape index (κ3) is 20.6. The van der Waals surface area contributed by atoms with Gasteiger partial charge in [0.1, 0.15) is 97.5 Å². The van der Waals surface area contributed by atoms with Crippen molar-refractivity contribution in [2.75, 3.05) is 26.4 Å². The summed E-state index contributed by atoms with van der Waals surface area (Å²) in [6.07, 6.45) is -39.4. The Balaban J connectivity index is 0.0000122. The maximum atomic E-state index is 12.6. The van der Waals surface area contributed by atoms with Crippen molar-refractivity contribution >= 4 is 44.6 Å². The number of aliphatic carboxylic acids is 2. The van der Waals surface area contributed by atoms with E-state index in [9.17, 15) is 91.1 Å². The van der Waals surface area contributed by atoms with Gasteiger partial charge in [0.15, 0.2) is 25.2 Å². The zero-order valence-corrected chi connectivity index (χ0v) is 48.6. The molecule has 388 valence electrons. The number of aliphatic hydroxyl groups is 7. The monoisotopic (exact) mass is 1110 g/mol. The van der Waals surface area contributed by atoms with Crippen molar-refractivity contribution in [1.29, 1.82) is 0 Å². The summed E-state index contributed by atoms with van der Waals surface area (Å²) in [7, 11) is -11.1. The zero-order chi connectivity index (χ0) is 50.3. The zero-order valence-electron chi connectivity index (χ0n) is 39.0. The molecule has 0 aromatic heterocycles. The molecule has 2 amide bonds. The van der Waals surface area contributed by atoms with E-state index in [4.69, 9.17) is 43.6 Å². The second-order valence-electron chi connectivity index (χ2n) is 15.4. The molecule has 4 aliphatic heterocycles. The van der Waals surface area contributed by atoms with Crippen molar-refractivity contribution in [3.05, 3.63) is 0 Å². The van der Waals surface area contributed by atoms with Gasteiger partial charge in [0.2, 0.25) is 32.6 Å². The number of hydrogen-bond donors (Lipinski definition) is 10. The van der Waals surface area contributed by atoms with Gasteiger partial charge in [-0.05, 0) is 25.8 Å². The van der Waals surface area contributed by atoms with E-state index in [0.717, 1.165) is 13.8 Å². The topological polar surface area (TPSA) is 513 Å². The predicted molar refractivity (Wildman–Crippen MR) is 197 cm³/mol. The molecule has 4 aliphatic rings. The Labute approximate surface area is 493 Å². The van der Waals surface area contributed by atoms with E-state index in [-0.39, 0.29) is 125 Å². The van der Waals surface area contributed by atoms with E-state index in [1.807, 2.05) is 0 Å². The van der Waals surface area contributed by atoms with Crippen LogP contribution in [0.4, 0.5) is 0 Å². The molecule has 0 aromatic carbocycles. The van der Waals surface area contributed by atoms with E-state index in [1.54, 1.807) is 0 Å². The first kappa shape index (κ1) is 72.0. The molecule has 4 saturated heterocycles. The largest absolute Gasteiger partial charge is 1.00 e. The van der Waals surface area contributed by atoms with Crippen LogP contribution in [0.3, 0.4) is 0 Å². The fourth-order valence-electron chi connectivity index (χ4n) is 7.31. The Bertz CT molecular complexity index is 1920. The number of carboxylic acid groups (broad SMARTS) is 2. The Kier molecular flexibility index (Phi) is 32.6. The molecule has 0 spiro atoms. The molecule has 4 fully saturated rings. The van der Waals surface area contributed by atoms with Gasteiger partial charge in [-0.25, -0.2) is 16.8 Å². The van der Waals surface area contributed by atoms with E-state index < -0.39 is 180 Å². The van der Waals surface area contributed by atoms with Gasteiger partial charge >= 0.3 is 118 Å². The second-order valence-corrected chi connectivity index (χ2v) is 17.5. The first-order valence-corrected chi connectivity index (χ1v) is 22.6. The predicted octanol–water partition coefficient (Wildman–Crippen LogP) is -23.8. The van der Waals surface area contributed by atoms with Crippen LogP contribution < -0.4 is 145 Å². The number of aliphatic hydroxyl groups excluding tert-OH is 7. The Morgan fingerprint density at radius 1 is 0.535 bits per heavy atom. The summed E-state index contributed by atoms with van der Waals surface area (Å²) >= 11 is 0. The molecule has 11 N–H and O–H groups in total. The number of hydrogen-bond acceptors (Lipinski definition) is 30. The van der Waals surface area contributed by atoms with Crippen molar-refractivity contribution in [2.45, 2.75) is 156 Å². The maximum absolute atomic E-state index is 12.6. The molecule has 0 radical (unpaired) electrons. The number of rotatable bonds is 22. The van der Waals surface area contributed by atoms with Gasteiger partial charge in [-0.1, -0.05) is 0 Å². The molecule has 4 heterocycles. The van der Waals surface area contributed by atoms with Gasteiger partial charge in [-0.15, -0.1) is 0 Å². The fourth-order valence-corrected chi connectivity index (χ4v) is 7.92. The Morgan fingerprint density at radius 2 is 0.944 bits per heavy atom. The molecule has 0 aromatic rings. The molecule has 32 nitrogen and oxygen atoms in total. The standard InChI is InChI=1S/C33H55N3O29S2.4Na/c1-10(37)35-14-16(39)23(12(8-57-66(50,51)52)59-30(14)56-7-5-3-4-6-34)62-33-22(45)20(43)25(27(65-33)29(48)49)63-31-15(36-11(2)38)17(40)24(13(60-31)9-58-67(53,54)55)61-32-21(44)18(41)19(42)26(64-32)28(46)47;;;;/h12-27,30-33,39-45H,3-9,34H2,1-2H3,(H,35,37)(H,36,38)(H,46,47)(H,48,49)(H,50,51,52)(H,53,54,55);;;;/q;4*+1/p-4/t12-,13-,14-,15-,16-,17-,18+,19+,20-,21-,22-,23-,24-,25+,26+,27+,30+,31-,32-,33-;;;;/m1..../s1. The summed E-state index contributed by atoms with van der Waals surface area (Å²) in [5, 5.41) is 105. The number of carbonyl (C=O) groups excluding carboxylic acids is 4. The minimum absolute atomic E-state index is 0. The van der Waals surface area contributed by atoms with Crippen LogP contribution >= 0.6 is 0 Å². The van der Waals surface area contributed by atoms with Crippen molar-refractivity contribution in [1.82, 2.24) is 10.6 Å². The Hall–Kier alpha value is 0.980. The van der Waals surface area contributed by atoms with Gasteiger partial charge < -0.3 is 119 Å². The van der Waals surface area contributed by atoms with Crippen LogP contribution in [-0.2, 0) is 86.2 Å². The molecule has 0 unspecified atom stereocenters. The van der Waals surface area contributed by atoms with Crippen LogP contribution in [-0.4, -0.2) is 235 Å². The summed E-state index contributed by atoms with van der Waals surface area (Å²) < 4.78 is 121. The number of amides is 2. The summed E-state index contributed by atoms with van der Waals surface area (Å²) in [5.41, 5.74) is 5.49. The van der Waals surface area contributed by atoms with E-state index in [1.165, 1.54) is 0 Å². The molecule has 71 heavy (non-hydrogen) atoms. The third-order valence-corrected chi connectivity index (χ3v) is 11.3. The summed E-state index contributed by atoms with van der Waals surface area (Å²) in [6, 6.07) is -3.64. The SMILES string of the molecule is CC(=O)N[C@H]1[C@@H](O[C@H]2[C@H](O)[C@@H](O)[C@H](O[C@H]3[C@H](O)[C@@H](NC(C)=O)[C@@H](OCCCCCN)O[C@@H]3COS(=O)(=O)[O-])O[C@@H]2C(=O)[O-])O[C@H](COS(=O)(=O)[O-])[C@@H](O[C@@H]2O[C@H](C(=O)[O-])[C@@H](O)[C@H](O)[C@H]2O)[C@@H]1O.[Na+].[Na+].[Na+].[Na+]. The first-order valence-electron chi connectivity index (χ1n) is 20.0. The van der Waals surface area contributed by atoms with Gasteiger partial charge in [-0.3, -0.25) is 18.0 Å². The number of ether oxygens (including phenoxy) is 8. The van der Waals surface area contributed by atoms with Crippen molar-refractivity contribution in [3.8, 4) is 0 Å². The number of nitrogens with two attached hydrogens (primary N) is 1. The maximum Gasteiger partial charge on any atom is 1.00 e. The van der Waals surface area contributed by atoms with Gasteiger partial charge in [0.25, 0.3) is 0 Å². The number of carbonyl (C=O) groups is 4. The average molecular weight is 1110 g/mol. The first-order chi connectivity index (χ1) is 31.1. The van der Waals surface area contributed by atoms with Crippen molar-refractivity contribution in [3.63, 3.8) is 0 Å². The average Bonchev–Trinajstić information content (AvgIpc) is 3.22. The van der Waals surface area contributed by atoms with Crippen LogP contribution in [0.25, 0.3) is 0 Å². The van der Waals surface area contributed by atoms with Crippen LogP contribution in [0.1, 0.15) is 33.1 Å². The Morgan fingerprint density at radius 3 is 1.37 bits per heavy atom. The summed E-state index contributed by atoms with van der Waals surface area (Å²) in [5.74, 6) is -6.21. The molecule has 38 heteroatoms. The van der Waals surface area contributed by atoms with E-state index in [0.29, 0.717) is 25.8 Å². The minimum atomic E-state index is -5.64. The molecule has 20 atom stereocenters. The number of unbranched alkanes of at least 4 members (excludes halogenated alkanes) is 2. The van der Waals surface area contributed by atoms with Crippen LogP contribution in [0.15, 0.2) is 0 Å². The molecule has 0 saturated carbocycles. The summed E-state index contributed by atoms with van der Waals surface area (Å²) in [6.45, 7) is -0.518. The molecular weight excluding hydrogens is 1060 g/mol. The van der Waals surface area contributed by atoms with Gasteiger partial charge in [0, 0.05) is 20.5 Å². The quantitative estimate of drug-likeness (QED) is 0.0208. The van der Waals surface area contributed by atoms with Gasteiger partial charge in [0.05, 0.1) is 25.2 Å². The van der Waals surface area contributed by atoms with Crippen molar-refractivity contribution < 1.29 is 256 Å². The fraction of sp³-hybridized carbons (Fsp3) is 0.879. The normalized spacial score (nSPS) is 37.4. The summed E-state index contributed by atoms with van der Waals surface area (Å²) in [4.78, 5) is 48.7. The minimum Gasteiger partial charge on any atom is -0.726 e. The van der Waals surface area contributed by atoms with Crippen molar-refractivity contribution in [2.24, 2.45) is 5.73 Å². The van der Waals surface area contributed by atoms with Crippen LogP contribution in [0.2, 0.25) is 0 Å². The van der Waals surface area contributed by atoms with Gasteiger partial charge in [-0.2, -0.15) is 0 Å². The molecule has 0 aliphatic carbocycles. The molecule has 0 bridgehead atoms. The second kappa shape index (κ2) is 32.2. The van der Waals surface area contributed by atoms with E-state index >= 15 is 0 Å².